The van der Waals surface area contributed by atoms with Crippen LogP contribution in [0.15, 0.2) is 6.07 Å². The van der Waals surface area contributed by atoms with E-state index in [9.17, 15) is 10.2 Å². The van der Waals surface area contributed by atoms with Gasteiger partial charge in [-0.25, -0.2) is 0 Å². The van der Waals surface area contributed by atoms with E-state index in [4.69, 9.17) is 17.3 Å². The van der Waals surface area contributed by atoms with Gasteiger partial charge in [0.2, 0.25) is 0 Å². The molecule has 4 N–H and O–H groups in total. The predicted octanol–water partition coefficient (Wildman–Crippen LogP) is 1.65. The molecule has 1 unspecified atom stereocenters. The molecule has 1 rings (SSSR count). The summed E-state index contributed by atoms with van der Waals surface area (Å²) in [6.07, 6.45) is -0.868. The van der Waals surface area contributed by atoms with E-state index in [-0.39, 0.29) is 17.3 Å². The summed E-state index contributed by atoms with van der Waals surface area (Å²) in [5, 5.41) is 19.5. The summed E-state index contributed by atoms with van der Waals surface area (Å²) < 4.78 is 0. The van der Waals surface area contributed by atoms with Crippen molar-refractivity contribution in [2.75, 3.05) is 6.54 Å². The summed E-state index contributed by atoms with van der Waals surface area (Å²) in [6, 6.07) is 1.67. The van der Waals surface area contributed by atoms with Crippen molar-refractivity contribution in [1.29, 1.82) is 0 Å². The van der Waals surface area contributed by atoms with Crippen molar-refractivity contribution < 1.29 is 10.2 Å². The van der Waals surface area contributed by atoms with Crippen molar-refractivity contribution in [2.45, 2.75) is 20.0 Å². The average Bonchev–Trinajstić information content (AvgIpc) is 2.15. The first kappa shape index (κ1) is 11.3. The van der Waals surface area contributed by atoms with Gasteiger partial charge in [0.25, 0.3) is 0 Å². The highest BCUT2D eigenvalue weighted by molar-refractivity contribution is 6.32. The van der Waals surface area contributed by atoms with E-state index in [1.807, 2.05) is 13.8 Å². The molecule has 0 saturated heterocycles. The minimum Gasteiger partial charge on any atom is -0.506 e. The number of aromatic hydroxyl groups is 1. The van der Waals surface area contributed by atoms with Crippen LogP contribution in [0.1, 0.15) is 22.8 Å². The van der Waals surface area contributed by atoms with Gasteiger partial charge >= 0.3 is 0 Å². The van der Waals surface area contributed by atoms with Crippen LogP contribution in [0.2, 0.25) is 5.02 Å². The normalized spacial score (nSPS) is 12.9. The van der Waals surface area contributed by atoms with Crippen molar-refractivity contribution in [2.24, 2.45) is 5.73 Å². The fourth-order valence-electron chi connectivity index (χ4n) is 1.41. The van der Waals surface area contributed by atoms with Gasteiger partial charge in [-0.3, -0.25) is 0 Å². The van der Waals surface area contributed by atoms with Crippen LogP contribution in [0.5, 0.6) is 5.75 Å². The second-order valence-corrected chi connectivity index (χ2v) is 3.72. The summed E-state index contributed by atoms with van der Waals surface area (Å²) in [5.41, 5.74) is 7.52. The molecular formula is C10H14ClNO2. The monoisotopic (exact) mass is 215 g/mol. The van der Waals surface area contributed by atoms with Crippen LogP contribution in [0.4, 0.5) is 0 Å². The molecule has 0 spiro atoms. The number of hydrogen-bond donors (Lipinski definition) is 3. The van der Waals surface area contributed by atoms with Gasteiger partial charge in [0.05, 0.1) is 11.1 Å². The number of phenols is 1. The zero-order chi connectivity index (χ0) is 10.9. The number of aliphatic hydroxyl groups excluding tert-OH is 1. The first-order valence-electron chi connectivity index (χ1n) is 4.35. The molecule has 4 heteroatoms. The van der Waals surface area contributed by atoms with Gasteiger partial charge in [0.15, 0.2) is 0 Å². The number of benzene rings is 1. The quantitative estimate of drug-likeness (QED) is 0.703. The molecule has 0 amide bonds. The molecular weight excluding hydrogens is 202 g/mol. The van der Waals surface area contributed by atoms with Crippen molar-refractivity contribution in [3.8, 4) is 5.75 Å². The Morgan fingerprint density at radius 3 is 2.57 bits per heavy atom. The van der Waals surface area contributed by atoms with Gasteiger partial charge < -0.3 is 15.9 Å². The Kier molecular flexibility index (Phi) is 3.37. The topological polar surface area (TPSA) is 66.5 Å². The lowest BCUT2D eigenvalue weighted by atomic mass is 9.98. The Morgan fingerprint density at radius 2 is 2.07 bits per heavy atom. The number of halogens is 1. The Bertz CT molecular complexity index is 326. The molecule has 0 fully saturated rings. The van der Waals surface area contributed by atoms with Crippen LogP contribution in [0, 0.1) is 13.8 Å². The first-order chi connectivity index (χ1) is 6.49. The van der Waals surface area contributed by atoms with Gasteiger partial charge in [0, 0.05) is 12.1 Å². The summed E-state index contributed by atoms with van der Waals surface area (Å²) in [5.74, 6) is -0.0762. The molecule has 78 valence electrons. The van der Waals surface area contributed by atoms with E-state index in [0.29, 0.717) is 5.56 Å². The zero-order valence-electron chi connectivity index (χ0n) is 8.21. The van der Waals surface area contributed by atoms with E-state index in [1.54, 1.807) is 6.07 Å². The molecule has 1 atom stereocenters. The Labute approximate surface area is 88.1 Å². The number of rotatable bonds is 2. The van der Waals surface area contributed by atoms with Crippen molar-refractivity contribution in [1.82, 2.24) is 0 Å². The molecule has 0 bridgehead atoms. The molecule has 1 aromatic rings. The predicted molar refractivity (Wildman–Crippen MR) is 56.6 cm³/mol. The number of phenolic OH excluding ortho intramolecular Hbond substituents is 1. The fraction of sp³-hybridized carbons (Fsp3) is 0.400. The zero-order valence-corrected chi connectivity index (χ0v) is 8.97. The standard InChI is InChI=1S/C10H14ClNO2/c1-5-3-7(11)10(14)9(6(5)2)8(13)4-12/h3,8,13-14H,4,12H2,1-2H3. The van der Waals surface area contributed by atoms with E-state index in [0.717, 1.165) is 11.1 Å². The SMILES string of the molecule is Cc1cc(Cl)c(O)c(C(O)CN)c1C. The van der Waals surface area contributed by atoms with Gasteiger partial charge in [-0.15, -0.1) is 0 Å². The second kappa shape index (κ2) is 4.17. The van der Waals surface area contributed by atoms with Crippen molar-refractivity contribution in [3.05, 3.63) is 27.8 Å². The molecule has 0 saturated carbocycles. The third kappa shape index (κ3) is 1.85. The molecule has 14 heavy (non-hydrogen) atoms. The number of nitrogens with two attached hydrogens (primary N) is 1. The number of hydrogen-bond acceptors (Lipinski definition) is 3. The van der Waals surface area contributed by atoms with E-state index in [1.165, 1.54) is 0 Å². The first-order valence-corrected chi connectivity index (χ1v) is 4.73. The molecule has 0 aliphatic heterocycles. The summed E-state index contributed by atoms with van der Waals surface area (Å²) in [7, 11) is 0. The molecule has 0 heterocycles. The third-order valence-electron chi connectivity index (χ3n) is 2.38. The maximum Gasteiger partial charge on any atom is 0.140 e. The largest absolute Gasteiger partial charge is 0.506 e. The van der Waals surface area contributed by atoms with Crippen LogP contribution >= 0.6 is 11.6 Å². The molecule has 0 aliphatic rings. The third-order valence-corrected chi connectivity index (χ3v) is 2.66. The summed E-state index contributed by atoms with van der Waals surface area (Å²) in [4.78, 5) is 0. The van der Waals surface area contributed by atoms with Gasteiger partial charge in [-0.2, -0.15) is 0 Å². The van der Waals surface area contributed by atoms with Crippen molar-refractivity contribution >= 4 is 11.6 Å². The Morgan fingerprint density at radius 1 is 1.50 bits per heavy atom. The highest BCUT2D eigenvalue weighted by Crippen LogP contribution is 2.35. The number of aryl methyl sites for hydroxylation is 1. The molecule has 3 nitrogen and oxygen atoms in total. The Hall–Kier alpha value is -0.770. The average molecular weight is 216 g/mol. The van der Waals surface area contributed by atoms with Gasteiger partial charge in [0.1, 0.15) is 5.75 Å². The summed E-state index contributed by atoms with van der Waals surface area (Å²) >= 11 is 5.79. The number of aliphatic hydroxyl groups is 1. The van der Waals surface area contributed by atoms with E-state index < -0.39 is 6.10 Å². The lowest BCUT2D eigenvalue weighted by Crippen LogP contribution is -2.13. The minimum atomic E-state index is -0.868. The van der Waals surface area contributed by atoms with Crippen LogP contribution in [-0.2, 0) is 0 Å². The maximum absolute atomic E-state index is 9.66. The molecule has 0 radical (unpaired) electrons. The van der Waals surface area contributed by atoms with Crippen LogP contribution in [0.25, 0.3) is 0 Å². The minimum absolute atomic E-state index is 0.0637. The van der Waals surface area contributed by atoms with Crippen LogP contribution in [-0.4, -0.2) is 16.8 Å². The van der Waals surface area contributed by atoms with Crippen LogP contribution in [0.3, 0.4) is 0 Å². The Balaban J connectivity index is 3.39. The van der Waals surface area contributed by atoms with E-state index >= 15 is 0 Å². The lowest BCUT2D eigenvalue weighted by Gasteiger charge is -2.16. The van der Waals surface area contributed by atoms with E-state index in [2.05, 4.69) is 0 Å². The highest BCUT2D eigenvalue weighted by Gasteiger charge is 2.17. The maximum atomic E-state index is 9.66. The highest BCUT2D eigenvalue weighted by atomic mass is 35.5. The fourth-order valence-corrected chi connectivity index (χ4v) is 1.68. The van der Waals surface area contributed by atoms with Crippen LogP contribution < -0.4 is 5.73 Å². The van der Waals surface area contributed by atoms with Gasteiger partial charge in [-0.1, -0.05) is 11.6 Å². The second-order valence-electron chi connectivity index (χ2n) is 3.31. The molecule has 0 aliphatic carbocycles. The molecule has 1 aromatic carbocycles. The summed E-state index contributed by atoms with van der Waals surface area (Å²) in [6.45, 7) is 3.75. The molecule has 0 aromatic heterocycles. The lowest BCUT2D eigenvalue weighted by molar-refractivity contribution is 0.182. The smallest absolute Gasteiger partial charge is 0.140 e. The van der Waals surface area contributed by atoms with Gasteiger partial charge in [-0.05, 0) is 31.0 Å². The van der Waals surface area contributed by atoms with Crippen molar-refractivity contribution in [3.63, 3.8) is 0 Å².